The number of hydrogen-bond acceptors (Lipinski definition) is 5. The van der Waals surface area contributed by atoms with Crippen LogP contribution in [0.1, 0.15) is 12.8 Å². The molecule has 0 aliphatic heterocycles. The second kappa shape index (κ2) is 6.10. The minimum absolute atomic E-state index is 0.0444. The van der Waals surface area contributed by atoms with Gasteiger partial charge in [-0.2, -0.15) is 8.42 Å². The number of nitrogens with one attached hydrogen (secondary N) is 2. The Morgan fingerprint density at radius 2 is 1.92 bits per heavy atom. The highest BCUT2D eigenvalue weighted by Crippen LogP contribution is 2.30. The summed E-state index contributed by atoms with van der Waals surface area (Å²) in [6.45, 7) is 0. The van der Waals surface area contributed by atoms with E-state index < -0.39 is 15.9 Å². The number of aromatic nitrogens is 2. The minimum atomic E-state index is -4.08. The average Bonchev–Trinajstić information content (AvgIpc) is 3.36. The van der Waals surface area contributed by atoms with E-state index in [0.717, 1.165) is 37.1 Å². The van der Waals surface area contributed by atoms with Crippen molar-refractivity contribution in [3.05, 3.63) is 48.3 Å². The molecule has 134 valence electrons. The van der Waals surface area contributed by atoms with Gasteiger partial charge in [-0.05, 0) is 49.2 Å². The summed E-state index contributed by atoms with van der Waals surface area (Å²) in [4.78, 5) is 18.8. The highest BCUT2D eigenvalue weighted by Gasteiger charge is 2.30. The van der Waals surface area contributed by atoms with Crippen molar-refractivity contribution in [1.82, 2.24) is 9.97 Å². The lowest BCUT2D eigenvalue weighted by molar-refractivity contribution is -0.117. The lowest BCUT2D eigenvalue weighted by atomic mass is 10.3. The predicted octanol–water partition coefficient (Wildman–Crippen LogP) is 2.82. The first-order chi connectivity index (χ1) is 12.4. The van der Waals surface area contributed by atoms with Crippen molar-refractivity contribution in [2.75, 3.05) is 5.32 Å². The number of H-pyrrole nitrogens is 1. The van der Waals surface area contributed by atoms with E-state index in [9.17, 15) is 17.6 Å². The van der Waals surface area contributed by atoms with Crippen molar-refractivity contribution in [3.63, 3.8) is 0 Å². The van der Waals surface area contributed by atoms with Gasteiger partial charge in [-0.1, -0.05) is 0 Å². The molecule has 1 fully saturated rings. The third-order valence-corrected chi connectivity index (χ3v) is 5.21. The lowest BCUT2D eigenvalue weighted by Crippen LogP contribution is -2.14. The molecule has 1 aliphatic rings. The van der Waals surface area contributed by atoms with Crippen LogP contribution in [0, 0.1) is 11.7 Å². The molecule has 7 nitrogen and oxygen atoms in total. The molecule has 26 heavy (non-hydrogen) atoms. The number of amides is 1. The van der Waals surface area contributed by atoms with Crippen LogP contribution in [0.15, 0.2) is 47.4 Å². The molecule has 4 rings (SSSR count). The average molecular weight is 375 g/mol. The zero-order valence-corrected chi connectivity index (χ0v) is 14.2. The number of anilines is 1. The van der Waals surface area contributed by atoms with E-state index in [4.69, 9.17) is 4.18 Å². The Kier molecular flexibility index (Phi) is 3.87. The number of carbonyl (C=O) groups is 1. The van der Waals surface area contributed by atoms with Gasteiger partial charge in [0.15, 0.2) is 0 Å². The first-order valence-corrected chi connectivity index (χ1v) is 9.32. The van der Waals surface area contributed by atoms with Gasteiger partial charge in [0.05, 0.1) is 11.0 Å². The van der Waals surface area contributed by atoms with Crippen molar-refractivity contribution in [3.8, 4) is 5.75 Å². The second-order valence-electron chi connectivity index (χ2n) is 6.02. The molecule has 2 aromatic carbocycles. The van der Waals surface area contributed by atoms with Crippen LogP contribution in [0.4, 0.5) is 10.3 Å². The molecule has 0 spiro atoms. The topological polar surface area (TPSA) is 101 Å². The normalized spacial score (nSPS) is 14.3. The number of hydrogen-bond donors (Lipinski definition) is 2. The van der Waals surface area contributed by atoms with E-state index in [2.05, 4.69) is 15.3 Å². The molecule has 9 heteroatoms. The Hall–Kier alpha value is -2.94. The predicted molar refractivity (Wildman–Crippen MR) is 91.7 cm³/mol. The number of fused-ring (bicyclic) bond motifs is 1. The van der Waals surface area contributed by atoms with E-state index in [-0.39, 0.29) is 22.5 Å². The largest absolute Gasteiger partial charge is 0.379 e. The molecular formula is C17H14FN3O4S. The fourth-order valence-corrected chi connectivity index (χ4v) is 3.36. The van der Waals surface area contributed by atoms with E-state index >= 15 is 0 Å². The first kappa shape index (κ1) is 16.5. The molecule has 0 unspecified atom stereocenters. The van der Waals surface area contributed by atoms with Crippen LogP contribution >= 0.6 is 0 Å². The summed E-state index contributed by atoms with van der Waals surface area (Å²) in [6.07, 6.45) is 1.76. The van der Waals surface area contributed by atoms with Gasteiger partial charge in [0.1, 0.15) is 16.5 Å². The molecule has 1 amide bonds. The summed E-state index contributed by atoms with van der Waals surface area (Å²) >= 11 is 0. The molecule has 0 radical (unpaired) electrons. The monoisotopic (exact) mass is 375 g/mol. The van der Waals surface area contributed by atoms with Gasteiger partial charge in [0.25, 0.3) is 0 Å². The van der Waals surface area contributed by atoms with Gasteiger partial charge in [-0.15, -0.1) is 0 Å². The molecule has 1 saturated carbocycles. The van der Waals surface area contributed by atoms with E-state index in [1.165, 1.54) is 12.1 Å². The SMILES string of the molecule is O=C(Nc1nc2ccc(OS(=O)(=O)c3ccc(F)cc3)cc2[nH]1)C1CC1. The van der Waals surface area contributed by atoms with Crippen molar-refractivity contribution in [2.24, 2.45) is 5.92 Å². The maximum Gasteiger partial charge on any atom is 0.339 e. The maximum absolute atomic E-state index is 12.9. The van der Waals surface area contributed by atoms with Crippen LogP contribution in [0.25, 0.3) is 11.0 Å². The number of nitrogens with zero attached hydrogens (tertiary/aromatic N) is 1. The molecule has 1 aliphatic carbocycles. The van der Waals surface area contributed by atoms with Crippen LogP contribution in [-0.2, 0) is 14.9 Å². The molecule has 0 atom stereocenters. The van der Waals surface area contributed by atoms with Crippen LogP contribution in [0.5, 0.6) is 5.75 Å². The van der Waals surface area contributed by atoms with Gasteiger partial charge < -0.3 is 9.17 Å². The quantitative estimate of drug-likeness (QED) is 0.668. The Morgan fingerprint density at radius 1 is 1.19 bits per heavy atom. The number of benzene rings is 2. The molecule has 1 heterocycles. The molecule has 0 saturated heterocycles. The van der Waals surface area contributed by atoms with Crippen molar-refractivity contribution in [2.45, 2.75) is 17.7 Å². The van der Waals surface area contributed by atoms with Crippen molar-refractivity contribution in [1.29, 1.82) is 0 Å². The van der Waals surface area contributed by atoms with Crippen LogP contribution < -0.4 is 9.50 Å². The van der Waals surface area contributed by atoms with E-state index in [1.807, 2.05) is 0 Å². The van der Waals surface area contributed by atoms with Crippen LogP contribution in [0.3, 0.4) is 0 Å². The van der Waals surface area contributed by atoms with Crippen LogP contribution in [-0.4, -0.2) is 24.3 Å². The Labute approximate surface area is 148 Å². The molecule has 3 aromatic rings. The fourth-order valence-electron chi connectivity index (χ4n) is 2.44. The zero-order chi connectivity index (χ0) is 18.3. The van der Waals surface area contributed by atoms with E-state index in [0.29, 0.717) is 17.0 Å². The highest BCUT2D eigenvalue weighted by molar-refractivity contribution is 7.87. The molecule has 1 aromatic heterocycles. The second-order valence-corrected chi connectivity index (χ2v) is 7.57. The Morgan fingerprint density at radius 3 is 2.62 bits per heavy atom. The van der Waals surface area contributed by atoms with Gasteiger partial charge in [0, 0.05) is 12.0 Å². The van der Waals surface area contributed by atoms with Crippen LogP contribution in [0.2, 0.25) is 0 Å². The lowest BCUT2D eigenvalue weighted by Gasteiger charge is -2.06. The summed E-state index contributed by atoms with van der Waals surface area (Å²) in [7, 11) is -4.08. The standard InChI is InChI=1S/C17H14FN3O4S/c18-11-3-6-13(7-4-11)26(23,24)25-12-5-8-14-15(9-12)20-17(19-14)21-16(22)10-1-2-10/h3-10H,1-2H2,(H2,19,20,21,22). The number of carbonyl (C=O) groups excluding carboxylic acids is 1. The smallest absolute Gasteiger partial charge is 0.339 e. The highest BCUT2D eigenvalue weighted by atomic mass is 32.2. The summed E-state index contributed by atoms with van der Waals surface area (Å²) in [5.74, 6) is -0.202. The first-order valence-electron chi connectivity index (χ1n) is 7.91. The summed E-state index contributed by atoms with van der Waals surface area (Å²) in [5.41, 5.74) is 1.07. The molecular weight excluding hydrogens is 361 g/mol. The summed E-state index contributed by atoms with van der Waals surface area (Å²) < 4.78 is 42.5. The van der Waals surface area contributed by atoms with Crippen molar-refractivity contribution >= 4 is 33.0 Å². The van der Waals surface area contributed by atoms with Crippen molar-refractivity contribution < 1.29 is 21.8 Å². The van der Waals surface area contributed by atoms with Gasteiger partial charge >= 0.3 is 10.1 Å². The molecule has 2 N–H and O–H groups in total. The Bertz CT molecular complexity index is 1090. The van der Waals surface area contributed by atoms with Gasteiger partial charge in [-0.3, -0.25) is 10.1 Å². The number of halogens is 1. The number of rotatable bonds is 5. The summed E-state index contributed by atoms with van der Waals surface area (Å²) in [6, 6.07) is 8.85. The van der Waals surface area contributed by atoms with Gasteiger partial charge in [0.2, 0.25) is 11.9 Å². The maximum atomic E-state index is 12.9. The van der Waals surface area contributed by atoms with Gasteiger partial charge in [-0.25, -0.2) is 9.37 Å². The Balaban J connectivity index is 1.56. The molecule has 0 bridgehead atoms. The fraction of sp³-hybridized carbons (Fsp3) is 0.176. The zero-order valence-electron chi connectivity index (χ0n) is 13.4. The number of imidazole rings is 1. The third kappa shape index (κ3) is 3.38. The minimum Gasteiger partial charge on any atom is -0.379 e. The van der Waals surface area contributed by atoms with E-state index in [1.54, 1.807) is 6.07 Å². The third-order valence-electron chi connectivity index (χ3n) is 3.95. The number of aromatic amines is 1. The summed E-state index contributed by atoms with van der Waals surface area (Å²) in [5, 5.41) is 2.69.